The van der Waals surface area contributed by atoms with Crippen LogP contribution in [0.3, 0.4) is 0 Å². The lowest BCUT2D eigenvalue weighted by Crippen LogP contribution is -2.36. The fourth-order valence-electron chi connectivity index (χ4n) is 6.61. The number of aliphatic hydroxyl groups is 3. The van der Waals surface area contributed by atoms with E-state index in [0.717, 1.165) is 68.6 Å². The average Bonchev–Trinajstić information content (AvgIpc) is 3.57. The van der Waals surface area contributed by atoms with E-state index in [-0.39, 0.29) is 25.1 Å². The number of phosphoric ester groups is 2. The molecule has 1 aromatic heterocycles. The van der Waals surface area contributed by atoms with Crippen molar-refractivity contribution in [1.29, 1.82) is 0 Å². The Labute approximate surface area is 407 Å². The highest BCUT2D eigenvalue weighted by Crippen LogP contribution is 2.60. The summed E-state index contributed by atoms with van der Waals surface area (Å²) >= 11 is 0. The normalized spacial score (nSPS) is 20.5. The minimum Gasteiger partial charge on any atom is -0.462 e. The van der Waals surface area contributed by atoms with Gasteiger partial charge < -0.3 is 45.1 Å². The van der Waals surface area contributed by atoms with Crippen LogP contribution in [0.15, 0.2) is 90.0 Å². The molecule has 8 atom stereocenters. The zero-order valence-electron chi connectivity index (χ0n) is 40.4. The summed E-state index contributed by atoms with van der Waals surface area (Å²) in [5.74, 6) is -0.905. The molecule has 1 fully saturated rings. The summed E-state index contributed by atoms with van der Waals surface area (Å²) in [5, 5.41) is 31.2. The SMILES string of the molecule is CC/C=C\C/C=C\C/C=C\C/C=C\C/C=C\C=C/C(O)CCC(=O)OC[C@H](COP(=O)(O)OP(=O)(O)OC[C@H]1O[C@@H](n2ccc(N)nc2=O)[C@H](O)[C@@H]1O)OC(=O)CCCCCCCCCCC(C)C. The lowest BCUT2D eigenvalue weighted by atomic mass is 10.0. The van der Waals surface area contributed by atoms with Gasteiger partial charge in [-0.05, 0) is 56.9 Å². The molecule has 0 radical (unpaired) electrons. The predicted octanol–water partition coefficient (Wildman–Crippen LogP) is 8.16. The highest BCUT2D eigenvalue weighted by molar-refractivity contribution is 7.61. The monoisotopic (exact) mass is 1010 g/mol. The van der Waals surface area contributed by atoms with Crippen LogP contribution in [0.2, 0.25) is 0 Å². The Kier molecular flexibility index (Phi) is 31.3. The van der Waals surface area contributed by atoms with Crippen LogP contribution in [0.1, 0.15) is 136 Å². The molecular weight excluding hydrogens is 936 g/mol. The second-order valence-corrected chi connectivity index (χ2v) is 20.0. The number of phosphoric acid groups is 2. The van der Waals surface area contributed by atoms with Gasteiger partial charge in [0, 0.05) is 19.0 Å². The standard InChI is InChI=1S/C48H77N3O16P2/c1-4-5-6-7-8-9-10-11-12-13-14-15-16-20-23-26-29-39(52)31-32-43(53)62-35-40(65-44(54)30-27-24-21-18-17-19-22-25-28-38(2)3)36-63-68(58,59)67-69(60,61)64-37-41-45(55)46(56)47(66-41)51-34-33-42(49)50-48(51)57/h5-6,8-9,11-12,14-15,20,23,26,29,33-34,38-41,45-47,52,55-56H,4,7,10,13,16-19,21-22,24-25,27-28,30-32,35-37H2,1-3H3,(H,58,59)(H,60,61)(H2,49,50,57)/b6-5-,9-8-,12-11-,15-14-,23-20-,29-26-/t39?,40-,41-,45-,46-,47-/m1/s1. The highest BCUT2D eigenvalue weighted by Gasteiger charge is 2.46. The third-order valence-corrected chi connectivity index (χ3v) is 13.0. The number of nitrogens with two attached hydrogens (primary N) is 1. The van der Waals surface area contributed by atoms with Gasteiger partial charge >= 0.3 is 33.3 Å². The number of nitrogen functional groups attached to an aromatic ring is 1. The van der Waals surface area contributed by atoms with E-state index < -0.39 is 89.8 Å². The molecular formula is C48H77N3O16P2. The third kappa shape index (κ3) is 29.2. The second kappa shape index (κ2) is 35.3. The van der Waals surface area contributed by atoms with Crippen LogP contribution < -0.4 is 11.4 Å². The summed E-state index contributed by atoms with van der Waals surface area (Å²) in [7, 11) is -10.9. The van der Waals surface area contributed by atoms with Gasteiger partial charge in [-0.1, -0.05) is 145 Å². The van der Waals surface area contributed by atoms with Crippen molar-refractivity contribution < 1.29 is 71.4 Å². The number of carbonyl (C=O) groups excluding carboxylic acids is 2. The van der Waals surface area contributed by atoms with E-state index in [1.54, 1.807) is 12.2 Å². The number of aliphatic hydroxyl groups excluding tert-OH is 3. The van der Waals surface area contributed by atoms with Gasteiger partial charge in [-0.25, -0.2) is 13.9 Å². The molecule has 0 bridgehead atoms. The first-order valence-electron chi connectivity index (χ1n) is 23.9. The average molecular weight is 1010 g/mol. The molecule has 1 saturated heterocycles. The zero-order chi connectivity index (χ0) is 50.9. The molecule has 0 saturated carbocycles. The van der Waals surface area contributed by atoms with Crippen LogP contribution in [-0.2, 0) is 46.3 Å². The van der Waals surface area contributed by atoms with Gasteiger partial charge in [0.05, 0.1) is 19.3 Å². The maximum atomic E-state index is 12.8. The van der Waals surface area contributed by atoms with E-state index in [2.05, 4.69) is 72.6 Å². The fourth-order valence-corrected chi connectivity index (χ4v) is 8.72. The van der Waals surface area contributed by atoms with Gasteiger partial charge in [-0.3, -0.25) is 23.2 Å². The number of esters is 2. The van der Waals surface area contributed by atoms with Gasteiger partial charge in [-0.15, -0.1) is 0 Å². The largest absolute Gasteiger partial charge is 0.481 e. The summed E-state index contributed by atoms with van der Waals surface area (Å²) in [5.41, 5.74) is 4.56. The van der Waals surface area contributed by atoms with Crippen molar-refractivity contribution in [2.45, 2.75) is 167 Å². The first-order valence-corrected chi connectivity index (χ1v) is 26.9. The topological polar surface area (TPSA) is 286 Å². The van der Waals surface area contributed by atoms with Crippen molar-refractivity contribution in [2.24, 2.45) is 5.92 Å². The third-order valence-electron chi connectivity index (χ3n) is 10.4. The van der Waals surface area contributed by atoms with Crippen molar-refractivity contribution >= 4 is 33.4 Å². The van der Waals surface area contributed by atoms with Gasteiger partial charge in [0.15, 0.2) is 12.3 Å². The van der Waals surface area contributed by atoms with Gasteiger partial charge in [0.25, 0.3) is 0 Å². The number of anilines is 1. The lowest BCUT2D eigenvalue weighted by molar-refractivity contribution is -0.161. The molecule has 390 valence electrons. The Morgan fingerprint density at radius 2 is 1.36 bits per heavy atom. The summed E-state index contributed by atoms with van der Waals surface area (Å²) in [6.45, 7) is 4.00. The lowest BCUT2D eigenvalue weighted by Gasteiger charge is -2.21. The zero-order valence-corrected chi connectivity index (χ0v) is 42.1. The number of hydrogen-bond acceptors (Lipinski definition) is 16. The minimum atomic E-state index is -5.47. The number of hydrogen-bond donors (Lipinski definition) is 6. The number of aromatic nitrogens is 2. The van der Waals surface area contributed by atoms with E-state index in [0.29, 0.717) is 18.8 Å². The van der Waals surface area contributed by atoms with Crippen LogP contribution in [0.25, 0.3) is 0 Å². The molecule has 1 aromatic rings. The summed E-state index contributed by atoms with van der Waals surface area (Å²) in [6, 6.07) is 1.23. The molecule has 1 aliphatic rings. The van der Waals surface area contributed by atoms with Crippen LogP contribution in [0.5, 0.6) is 0 Å². The van der Waals surface area contributed by atoms with Crippen molar-refractivity contribution in [2.75, 3.05) is 25.6 Å². The molecule has 21 heteroatoms. The Balaban J connectivity index is 1.87. The molecule has 0 aromatic carbocycles. The molecule has 7 N–H and O–H groups in total. The number of ether oxygens (including phenoxy) is 3. The molecule has 19 nitrogen and oxygen atoms in total. The molecule has 69 heavy (non-hydrogen) atoms. The molecule has 0 aliphatic carbocycles. The fraction of sp³-hybridized carbons (Fsp3) is 0.625. The van der Waals surface area contributed by atoms with E-state index in [1.165, 1.54) is 31.4 Å². The number of carbonyl (C=O) groups is 2. The smallest absolute Gasteiger partial charge is 0.462 e. The van der Waals surface area contributed by atoms with Crippen molar-refractivity contribution in [1.82, 2.24) is 9.55 Å². The van der Waals surface area contributed by atoms with E-state index in [1.807, 2.05) is 12.2 Å². The Morgan fingerprint density at radius 3 is 1.97 bits per heavy atom. The molecule has 0 amide bonds. The number of allylic oxidation sites excluding steroid dienone is 11. The van der Waals surface area contributed by atoms with Crippen molar-refractivity contribution in [3.63, 3.8) is 0 Å². The first kappa shape index (κ1) is 61.3. The van der Waals surface area contributed by atoms with E-state index in [9.17, 15) is 48.6 Å². The van der Waals surface area contributed by atoms with Gasteiger partial charge in [0.1, 0.15) is 30.7 Å². The highest BCUT2D eigenvalue weighted by atomic mass is 31.3. The Morgan fingerprint density at radius 1 is 0.783 bits per heavy atom. The van der Waals surface area contributed by atoms with Crippen molar-refractivity contribution in [3.05, 3.63) is 95.7 Å². The van der Waals surface area contributed by atoms with E-state index in [4.69, 9.17) is 29.0 Å². The summed E-state index contributed by atoms with van der Waals surface area (Å²) in [6.07, 6.45) is 29.3. The number of rotatable bonds is 37. The predicted molar refractivity (Wildman–Crippen MR) is 262 cm³/mol. The van der Waals surface area contributed by atoms with Crippen LogP contribution in [0.4, 0.5) is 5.82 Å². The second-order valence-electron chi connectivity index (χ2n) is 16.9. The molecule has 2 heterocycles. The maximum Gasteiger partial charge on any atom is 0.481 e. The van der Waals surface area contributed by atoms with Gasteiger partial charge in [0.2, 0.25) is 0 Å². The van der Waals surface area contributed by atoms with E-state index >= 15 is 0 Å². The van der Waals surface area contributed by atoms with Crippen molar-refractivity contribution in [3.8, 4) is 0 Å². The maximum absolute atomic E-state index is 12.8. The Bertz CT molecular complexity index is 1970. The number of nitrogens with zero attached hydrogens (tertiary/aromatic N) is 2. The molecule has 2 rings (SSSR count). The molecule has 1 aliphatic heterocycles. The first-order chi connectivity index (χ1) is 32.9. The minimum absolute atomic E-state index is 0.00363. The number of unbranched alkanes of at least 4 members (excludes halogenated alkanes) is 7. The van der Waals surface area contributed by atoms with Crippen LogP contribution in [-0.4, -0.2) is 96.9 Å². The molecule has 3 unspecified atom stereocenters. The summed E-state index contributed by atoms with van der Waals surface area (Å²) < 4.78 is 56.4. The van der Waals surface area contributed by atoms with Crippen LogP contribution >= 0.6 is 15.6 Å². The van der Waals surface area contributed by atoms with Gasteiger partial charge in [-0.2, -0.15) is 9.29 Å². The Hall–Kier alpha value is -3.84. The molecule has 0 spiro atoms. The van der Waals surface area contributed by atoms with Crippen LogP contribution in [0, 0.1) is 5.92 Å². The quantitative estimate of drug-likeness (QED) is 0.0120. The summed E-state index contributed by atoms with van der Waals surface area (Å²) in [4.78, 5) is 61.8.